The monoisotopic (exact) mass is 345 g/mol. The summed E-state index contributed by atoms with van der Waals surface area (Å²) in [6.07, 6.45) is 5.52. The van der Waals surface area contributed by atoms with Gasteiger partial charge in [-0.2, -0.15) is 0 Å². The Hall–Kier alpha value is -1.64. The molecule has 0 bridgehead atoms. The first-order valence-electron chi connectivity index (χ1n) is 7.74. The molecule has 3 unspecified atom stereocenters. The van der Waals surface area contributed by atoms with Crippen molar-refractivity contribution in [2.75, 3.05) is 12.4 Å². The lowest BCUT2D eigenvalue weighted by molar-refractivity contribution is 0.381. The average molecular weight is 346 g/mol. The van der Waals surface area contributed by atoms with Gasteiger partial charge in [0.25, 0.3) is 0 Å². The zero-order valence-corrected chi connectivity index (χ0v) is 14.2. The van der Waals surface area contributed by atoms with Crippen molar-refractivity contribution in [3.8, 4) is 5.75 Å². The summed E-state index contributed by atoms with van der Waals surface area (Å²) >= 11 is 12.9. The fourth-order valence-corrected chi connectivity index (χ4v) is 4.36. The summed E-state index contributed by atoms with van der Waals surface area (Å²) < 4.78 is 5.57. The Bertz CT molecular complexity index is 787. The Kier molecular flexibility index (Phi) is 3.74. The van der Waals surface area contributed by atoms with Gasteiger partial charge in [-0.05, 0) is 30.5 Å². The molecule has 2 aliphatic rings. The van der Waals surface area contributed by atoms with Crippen molar-refractivity contribution in [3.05, 3.63) is 69.7 Å². The van der Waals surface area contributed by atoms with Gasteiger partial charge in [0, 0.05) is 22.1 Å². The number of para-hydroxylation sites is 1. The lowest BCUT2D eigenvalue weighted by Gasteiger charge is -2.38. The van der Waals surface area contributed by atoms with Crippen LogP contribution in [0.1, 0.15) is 29.5 Å². The Balaban J connectivity index is 1.87. The molecule has 23 heavy (non-hydrogen) atoms. The number of hydrogen-bond donors (Lipinski definition) is 1. The summed E-state index contributed by atoms with van der Waals surface area (Å²) in [5, 5.41) is 5.12. The fourth-order valence-electron chi connectivity index (χ4n) is 3.86. The van der Waals surface area contributed by atoms with E-state index in [1.807, 2.05) is 30.3 Å². The summed E-state index contributed by atoms with van der Waals surface area (Å²) in [5.41, 5.74) is 3.22. The zero-order chi connectivity index (χ0) is 16.0. The van der Waals surface area contributed by atoms with E-state index >= 15 is 0 Å². The quantitative estimate of drug-likeness (QED) is 0.691. The largest absolute Gasteiger partial charge is 0.496 e. The van der Waals surface area contributed by atoms with E-state index in [1.54, 1.807) is 7.11 Å². The third kappa shape index (κ3) is 2.32. The highest BCUT2D eigenvalue weighted by atomic mass is 35.5. The smallest absolute Gasteiger partial charge is 0.124 e. The lowest BCUT2D eigenvalue weighted by atomic mass is 9.77. The van der Waals surface area contributed by atoms with Crippen LogP contribution < -0.4 is 10.1 Å². The van der Waals surface area contributed by atoms with Gasteiger partial charge in [0.05, 0.1) is 23.9 Å². The van der Waals surface area contributed by atoms with E-state index in [0.29, 0.717) is 10.9 Å². The van der Waals surface area contributed by atoms with E-state index in [9.17, 15) is 0 Å². The van der Waals surface area contributed by atoms with Gasteiger partial charge in [0.1, 0.15) is 5.75 Å². The number of nitrogens with one attached hydrogen (secondary N) is 1. The molecule has 0 fully saturated rings. The predicted molar refractivity (Wildman–Crippen MR) is 95.8 cm³/mol. The van der Waals surface area contributed by atoms with Crippen LogP contribution >= 0.6 is 23.2 Å². The van der Waals surface area contributed by atoms with Gasteiger partial charge >= 0.3 is 0 Å². The first-order chi connectivity index (χ1) is 11.2. The van der Waals surface area contributed by atoms with Crippen molar-refractivity contribution in [3.63, 3.8) is 0 Å². The molecule has 2 nitrogen and oxygen atoms in total. The van der Waals surface area contributed by atoms with Crippen molar-refractivity contribution in [1.82, 2.24) is 0 Å². The molecule has 1 aliphatic carbocycles. The Morgan fingerprint density at radius 1 is 1.09 bits per heavy atom. The van der Waals surface area contributed by atoms with Crippen LogP contribution in [-0.2, 0) is 0 Å². The van der Waals surface area contributed by atoms with Crippen LogP contribution in [0.3, 0.4) is 0 Å². The molecule has 1 N–H and O–H groups in total. The molecule has 0 radical (unpaired) electrons. The highest BCUT2D eigenvalue weighted by molar-refractivity contribution is 6.36. The molecule has 1 aliphatic heterocycles. The van der Waals surface area contributed by atoms with Crippen LogP contribution in [-0.4, -0.2) is 7.11 Å². The summed E-state index contributed by atoms with van der Waals surface area (Å²) in [6, 6.07) is 12.1. The van der Waals surface area contributed by atoms with Crippen LogP contribution in [0.25, 0.3) is 0 Å². The van der Waals surface area contributed by atoms with Crippen molar-refractivity contribution in [2.24, 2.45) is 5.92 Å². The molecule has 4 rings (SSSR count). The van der Waals surface area contributed by atoms with E-state index < -0.39 is 0 Å². The van der Waals surface area contributed by atoms with Crippen LogP contribution in [0.2, 0.25) is 10.0 Å². The van der Waals surface area contributed by atoms with E-state index in [0.717, 1.165) is 34.0 Å². The van der Waals surface area contributed by atoms with Crippen molar-refractivity contribution < 1.29 is 4.74 Å². The SMILES string of the molecule is COc1ccccc1C1Nc2c(Cl)ccc(Cl)c2C2C=CCC21. The molecular weight excluding hydrogens is 329 g/mol. The lowest BCUT2D eigenvalue weighted by Crippen LogP contribution is -2.29. The molecule has 0 saturated carbocycles. The number of ether oxygens (including phenoxy) is 1. The number of halogens is 2. The number of allylic oxidation sites excluding steroid dienone is 2. The Morgan fingerprint density at radius 2 is 1.87 bits per heavy atom. The third-order valence-corrected chi connectivity index (χ3v) is 5.53. The van der Waals surface area contributed by atoms with Gasteiger partial charge in [-0.3, -0.25) is 0 Å². The standard InChI is InChI=1S/C19H17Cl2NO/c1-23-16-8-3-2-5-13(16)18-12-7-4-6-11(12)17-14(20)9-10-15(21)19(17)22-18/h2-6,8-12,18,22H,7H2,1H3. The summed E-state index contributed by atoms with van der Waals surface area (Å²) in [4.78, 5) is 0. The van der Waals surface area contributed by atoms with E-state index in [2.05, 4.69) is 23.5 Å². The number of anilines is 1. The van der Waals surface area contributed by atoms with Crippen LogP contribution in [0.5, 0.6) is 5.75 Å². The van der Waals surface area contributed by atoms with Gasteiger partial charge in [-0.1, -0.05) is 53.6 Å². The van der Waals surface area contributed by atoms with Crippen LogP contribution in [0.15, 0.2) is 48.6 Å². The first-order valence-corrected chi connectivity index (χ1v) is 8.50. The number of rotatable bonds is 2. The summed E-state index contributed by atoms with van der Waals surface area (Å²) in [5.74, 6) is 1.60. The predicted octanol–water partition coefficient (Wildman–Crippen LogP) is 5.83. The van der Waals surface area contributed by atoms with E-state index in [4.69, 9.17) is 27.9 Å². The van der Waals surface area contributed by atoms with Gasteiger partial charge in [-0.15, -0.1) is 0 Å². The first kappa shape index (κ1) is 14.9. The van der Waals surface area contributed by atoms with Gasteiger partial charge in [0.15, 0.2) is 0 Å². The van der Waals surface area contributed by atoms with Crippen LogP contribution in [0.4, 0.5) is 5.69 Å². The van der Waals surface area contributed by atoms with E-state index in [-0.39, 0.29) is 12.0 Å². The maximum absolute atomic E-state index is 6.48. The molecule has 0 saturated heterocycles. The normalized spacial score (nSPS) is 24.7. The minimum atomic E-state index is 0.148. The second kappa shape index (κ2) is 5.77. The minimum Gasteiger partial charge on any atom is -0.496 e. The molecule has 0 amide bonds. The highest BCUT2D eigenvalue weighted by Crippen LogP contribution is 2.54. The number of benzene rings is 2. The maximum atomic E-state index is 6.48. The Morgan fingerprint density at radius 3 is 2.70 bits per heavy atom. The minimum absolute atomic E-state index is 0.148. The fraction of sp³-hybridized carbons (Fsp3) is 0.263. The number of fused-ring (bicyclic) bond motifs is 3. The summed E-state index contributed by atoms with van der Waals surface area (Å²) in [6.45, 7) is 0. The molecule has 1 heterocycles. The Labute approximate surface area is 146 Å². The molecule has 0 aromatic heterocycles. The van der Waals surface area contributed by atoms with Crippen LogP contribution in [0, 0.1) is 5.92 Å². The van der Waals surface area contributed by atoms with Crippen molar-refractivity contribution in [2.45, 2.75) is 18.4 Å². The molecule has 2 aromatic carbocycles. The highest BCUT2D eigenvalue weighted by Gasteiger charge is 2.40. The second-order valence-electron chi connectivity index (χ2n) is 6.04. The topological polar surface area (TPSA) is 21.3 Å². The number of methoxy groups -OCH3 is 1. The molecule has 2 aromatic rings. The van der Waals surface area contributed by atoms with Crippen molar-refractivity contribution >= 4 is 28.9 Å². The molecule has 0 spiro atoms. The van der Waals surface area contributed by atoms with E-state index in [1.165, 1.54) is 0 Å². The van der Waals surface area contributed by atoms with Crippen molar-refractivity contribution in [1.29, 1.82) is 0 Å². The average Bonchev–Trinajstić information content (AvgIpc) is 3.06. The zero-order valence-electron chi connectivity index (χ0n) is 12.7. The molecular formula is C19H17Cl2NO. The summed E-state index contributed by atoms with van der Waals surface area (Å²) in [7, 11) is 1.71. The molecule has 4 heteroatoms. The van der Waals surface area contributed by atoms with Gasteiger partial charge in [-0.25, -0.2) is 0 Å². The second-order valence-corrected chi connectivity index (χ2v) is 6.85. The van der Waals surface area contributed by atoms with Gasteiger partial charge < -0.3 is 10.1 Å². The third-order valence-electron chi connectivity index (χ3n) is 4.89. The number of hydrogen-bond acceptors (Lipinski definition) is 2. The molecule has 118 valence electrons. The molecule has 3 atom stereocenters. The maximum Gasteiger partial charge on any atom is 0.124 e. The van der Waals surface area contributed by atoms with Gasteiger partial charge in [0.2, 0.25) is 0 Å².